The molecular formula is C11H7N2O. The highest BCUT2D eigenvalue weighted by molar-refractivity contribution is 5.80. The van der Waals surface area contributed by atoms with E-state index in [1.54, 1.807) is 19.2 Å². The van der Waals surface area contributed by atoms with Crippen molar-refractivity contribution in [3.63, 3.8) is 0 Å². The number of hydrogen-bond donors (Lipinski definition) is 0. The number of pyridine rings is 1. The standard InChI is InChI=1S/C11H7N2O/c1-14-10-4-5-11-8(6-10)2-3-9(7-12)13-11/h2-3,5-6H,1H3. The maximum absolute atomic E-state index is 8.65. The number of rotatable bonds is 1. The van der Waals surface area contributed by atoms with Crippen LogP contribution in [0.5, 0.6) is 5.75 Å². The third kappa shape index (κ3) is 1.38. The first-order chi connectivity index (χ1) is 6.83. The van der Waals surface area contributed by atoms with Gasteiger partial charge in [-0.15, -0.1) is 0 Å². The van der Waals surface area contributed by atoms with E-state index in [0.717, 1.165) is 10.9 Å². The molecule has 0 N–H and O–H groups in total. The van der Waals surface area contributed by atoms with Gasteiger partial charge in [0.25, 0.3) is 0 Å². The zero-order chi connectivity index (χ0) is 9.97. The van der Waals surface area contributed by atoms with E-state index < -0.39 is 0 Å². The highest BCUT2D eigenvalue weighted by Crippen LogP contribution is 2.18. The molecule has 0 unspecified atom stereocenters. The van der Waals surface area contributed by atoms with Crippen LogP contribution in [0.3, 0.4) is 0 Å². The lowest BCUT2D eigenvalue weighted by molar-refractivity contribution is 0.414. The van der Waals surface area contributed by atoms with Crippen molar-refractivity contribution < 1.29 is 4.74 Å². The van der Waals surface area contributed by atoms with Crippen LogP contribution in [0.25, 0.3) is 10.9 Å². The van der Waals surface area contributed by atoms with E-state index in [2.05, 4.69) is 11.1 Å². The Labute approximate surface area is 81.6 Å². The van der Waals surface area contributed by atoms with Crippen LogP contribution in [0.1, 0.15) is 5.69 Å². The summed E-state index contributed by atoms with van der Waals surface area (Å²) in [5.74, 6) is 0.670. The molecule has 67 valence electrons. The molecule has 1 heterocycles. The molecule has 0 bridgehead atoms. The Morgan fingerprint density at radius 2 is 2.36 bits per heavy atom. The van der Waals surface area contributed by atoms with E-state index in [1.165, 1.54) is 0 Å². The van der Waals surface area contributed by atoms with E-state index >= 15 is 0 Å². The van der Waals surface area contributed by atoms with Crippen LogP contribution in [0.2, 0.25) is 0 Å². The lowest BCUT2D eigenvalue weighted by Crippen LogP contribution is -1.86. The Morgan fingerprint density at radius 3 is 3.07 bits per heavy atom. The third-order valence-corrected chi connectivity index (χ3v) is 1.93. The van der Waals surface area contributed by atoms with Crippen LogP contribution < -0.4 is 4.74 Å². The van der Waals surface area contributed by atoms with Gasteiger partial charge < -0.3 is 4.74 Å². The van der Waals surface area contributed by atoms with Crippen LogP contribution in [-0.4, -0.2) is 12.1 Å². The van der Waals surface area contributed by atoms with Gasteiger partial charge >= 0.3 is 0 Å². The first kappa shape index (κ1) is 8.52. The SMILES string of the molecule is COc1[c]cc2nc(C#N)ccc2c1. The normalized spacial score (nSPS) is 9.71. The molecule has 0 spiro atoms. The molecule has 3 nitrogen and oxygen atoms in total. The molecule has 1 radical (unpaired) electrons. The van der Waals surface area contributed by atoms with Crippen molar-refractivity contribution in [2.45, 2.75) is 0 Å². The summed E-state index contributed by atoms with van der Waals surface area (Å²) in [5.41, 5.74) is 1.17. The molecule has 0 aliphatic carbocycles. The lowest BCUT2D eigenvalue weighted by Gasteiger charge is -2.00. The molecule has 0 saturated heterocycles. The average molecular weight is 183 g/mol. The first-order valence-corrected chi connectivity index (χ1v) is 4.10. The van der Waals surface area contributed by atoms with E-state index in [4.69, 9.17) is 10.00 Å². The van der Waals surface area contributed by atoms with Crippen LogP contribution in [0.15, 0.2) is 24.3 Å². The number of nitriles is 1. The maximum Gasteiger partial charge on any atom is 0.141 e. The Kier molecular flexibility index (Phi) is 2.04. The molecule has 0 amide bonds. The van der Waals surface area contributed by atoms with Crippen molar-refractivity contribution in [3.8, 4) is 11.8 Å². The second kappa shape index (κ2) is 3.35. The number of ether oxygens (including phenoxy) is 1. The van der Waals surface area contributed by atoms with Gasteiger partial charge in [-0.2, -0.15) is 5.26 Å². The molecule has 2 aromatic rings. The predicted molar refractivity (Wildman–Crippen MR) is 51.8 cm³/mol. The van der Waals surface area contributed by atoms with Gasteiger partial charge in [0, 0.05) is 11.5 Å². The molecule has 3 heteroatoms. The quantitative estimate of drug-likeness (QED) is 0.678. The van der Waals surface area contributed by atoms with Gasteiger partial charge in [0.1, 0.15) is 17.5 Å². The minimum absolute atomic E-state index is 0.413. The summed E-state index contributed by atoms with van der Waals surface area (Å²) >= 11 is 0. The smallest absolute Gasteiger partial charge is 0.141 e. The van der Waals surface area contributed by atoms with Crippen LogP contribution >= 0.6 is 0 Å². The molecule has 0 atom stereocenters. The summed E-state index contributed by atoms with van der Waals surface area (Å²) in [7, 11) is 1.59. The largest absolute Gasteiger partial charge is 0.496 e. The highest BCUT2D eigenvalue weighted by Gasteiger charge is 1.99. The van der Waals surface area contributed by atoms with Gasteiger partial charge in [0.15, 0.2) is 0 Å². The van der Waals surface area contributed by atoms with Gasteiger partial charge in [-0.1, -0.05) is 0 Å². The fourth-order valence-corrected chi connectivity index (χ4v) is 1.23. The molecule has 14 heavy (non-hydrogen) atoms. The molecule has 0 fully saturated rings. The minimum atomic E-state index is 0.413. The van der Waals surface area contributed by atoms with Gasteiger partial charge in [-0.05, 0) is 24.3 Å². The fourth-order valence-electron chi connectivity index (χ4n) is 1.23. The van der Waals surface area contributed by atoms with Crippen molar-refractivity contribution in [3.05, 3.63) is 36.0 Å². The van der Waals surface area contributed by atoms with Gasteiger partial charge in [-0.3, -0.25) is 0 Å². The first-order valence-electron chi connectivity index (χ1n) is 4.10. The molecule has 1 aromatic heterocycles. The number of hydrogen-bond acceptors (Lipinski definition) is 3. The second-order valence-corrected chi connectivity index (χ2v) is 2.78. The summed E-state index contributed by atoms with van der Waals surface area (Å²) in [6.07, 6.45) is 0. The van der Waals surface area contributed by atoms with E-state index in [1.807, 2.05) is 18.2 Å². The number of fused-ring (bicyclic) bond motifs is 1. The van der Waals surface area contributed by atoms with Crippen LogP contribution in [-0.2, 0) is 0 Å². The lowest BCUT2D eigenvalue weighted by atomic mass is 10.2. The van der Waals surface area contributed by atoms with Crippen molar-refractivity contribution in [2.24, 2.45) is 0 Å². The Bertz CT molecular complexity index is 514. The molecule has 0 aliphatic heterocycles. The van der Waals surface area contributed by atoms with E-state index in [-0.39, 0.29) is 0 Å². The molecule has 2 rings (SSSR count). The molecular weight excluding hydrogens is 176 g/mol. The topological polar surface area (TPSA) is 45.9 Å². The monoisotopic (exact) mass is 183 g/mol. The summed E-state index contributed by atoms with van der Waals surface area (Å²) in [4.78, 5) is 4.12. The molecule has 0 aliphatic rings. The van der Waals surface area contributed by atoms with Crippen LogP contribution in [0, 0.1) is 17.4 Å². The van der Waals surface area contributed by atoms with Crippen molar-refractivity contribution in [1.29, 1.82) is 5.26 Å². The van der Waals surface area contributed by atoms with Crippen molar-refractivity contribution in [2.75, 3.05) is 7.11 Å². The number of benzene rings is 1. The van der Waals surface area contributed by atoms with Crippen molar-refractivity contribution in [1.82, 2.24) is 4.98 Å². The number of nitrogens with zero attached hydrogens (tertiary/aromatic N) is 2. The average Bonchev–Trinajstić information content (AvgIpc) is 2.27. The van der Waals surface area contributed by atoms with Gasteiger partial charge in [0.2, 0.25) is 0 Å². The van der Waals surface area contributed by atoms with Gasteiger partial charge in [-0.25, -0.2) is 4.98 Å². The summed E-state index contributed by atoms with van der Waals surface area (Å²) < 4.78 is 5.03. The zero-order valence-corrected chi connectivity index (χ0v) is 7.61. The number of methoxy groups -OCH3 is 1. The zero-order valence-electron chi connectivity index (χ0n) is 7.61. The Morgan fingerprint density at radius 1 is 1.50 bits per heavy atom. The van der Waals surface area contributed by atoms with Gasteiger partial charge in [0.05, 0.1) is 12.6 Å². The van der Waals surface area contributed by atoms with Crippen molar-refractivity contribution >= 4 is 10.9 Å². The fraction of sp³-hybridized carbons (Fsp3) is 0.0909. The van der Waals surface area contributed by atoms with Crippen LogP contribution in [0.4, 0.5) is 0 Å². The molecule has 1 aromatic carbocycles. The minimum Gasteiger partial charge on any atom is -0.496 e. The third-order valence-electron chi connectivity index (χ3n) is 1.93. The summed E-state index contributed by atoms with van der Waals surface area (Å²) in [5, 5.41) is 9.59. The highest BCUT2D eigenvalue weighted by atomic mass is 16.5. The van der Waals surface area contributed by atoms with E-state index in [9.17, 15) is 0 Å². The summed E-state index contributed by atoms with van der Waals surface area (Å²) in [6, 6.07) is 12.0. The summed E-state index contributed by atoms with van der Waals surface area (Å²) in [6.45, 7) is 0. The predicted octanol–water partition coefficient (Wildman–Crippen LogP) is 1.92. The second-order valence-electron chi connectivity index (χ2n) is 2.78. The number of aromatic nitrogens is 1. The Balaban J connectivity index is 2.64. The molecule has 0 saturated carbocycles. The maximum atomic E-state index is 8.65. The Hall–Kier alpha value is -2.08. The van der Waals surface area contributed by atoms with E-state index in [0.29, 0.717) is 11.4 Å².